The maximum Gasteiger partial charge on any atom is 0.416 e. The number of unbranched alkanes of at least 4 members (excludes halogenated alkanes) is 2. The summed E-state index contributed by atoms with van der Waals surface area (Å²) in [7, 11) is -3.97. The molecule has 2 heterocycles. The van der Waals surface area contributed by atoms with Crippen LogP contribution in [0.4, 0.5) is 13.2 Å². The van der Waals surface area contributed by atoms with E-state index in [2.05, 4.69) is 29.8 Å². The fourth-order valence-corrected chi connectivity index (χ4v) is 6.22. The quantitative estimate of drug-likeness (QED) is 0.368. The van der Waals surface area contributed by atoms with Crippen molar-refractivity contribution in [3.63, 3.8) is 0 Å². The summed E-state index contributed by atoms with van der Waals surface area (Å²) in [5, 5.41) is 1.20. The maximum absolute atomic E-state index is 13.1. The minimum Gasteiger partial charge on any atom is -0.347 e. The van der Waals surface area contributed by atoms with Gasteiger partial charge < -0.3 is 4.57 Å². The van der Waals surface area contributed by atoms with Crippen LogP contribution < -0.4 is 0 Å². The van der Waals surface area contributed by atoms with Crippen LogP contribution in [-0.4, -0.2) is 30.4 Å². The van der Waals surface area contributed by atoms with Crippen LogP contribution >= 0.6 is 0 Å². The number of fused-ring (bicyclic) bond motifs is 1. The average molecular weight is 479 g/mol. The summed E-state index contributed by atoms with van der Waals surface area (Å²) in [4.78, 5) is -0.302. The maximum atomic E-state index is 13.1. The number of hydrogen-bond donors (Lipinski definition) is 0. The van der Waals surface area contributed by atoms with Gasteiger partial charge in [0, 0.05) is 36.7 Å². The molecule has 0 atom stereocenters. The molecule has 8 heteroatoms. The van der Waals surface area contributed by atoms with Crippen LogP contribution in [0.3, 0.4) is 0 Å². The molecule has 0 spiro atoms. The topological polar surface area (TPSA) is 42.3 Å². The van der Waals surface area contributed by atoms with Crippen LogP contribution in [0, 0.1) is 0 Å². The molecule has 0 N–H and O–H groups in total. The summed E-state index contributed by atoms with van der Waals surface area (Å²) in [5.41, 5.74) is 1.48. The zero-order valence-electron chi connectivity index (χ0n) is 18.7. The Kier molecular flexibility index (Phi) is 6.86. The molecule has 1 saturated heterocycles. The van der Waals surface area contributed by atoms with E-state index in [0.717, 1.165) is 37.6 Å². The highest BCUT2D eigenvalue weighted by atomic mass is 32.2. The lowest BCUT2D eigenvalue weighted by Crippen LogP contribution is -2.38. The van der Waals surface area contributed by atoms with Gasteiger partial charge >= 0.3 is 6.18 Å². The summed E-state index contributed by atoms with van der Waals surface area (Å²) in [5.74, 6) is 0.218. The van der Waals surface area contributed by atoms with E-state index in [1.165, 1.54) is 33.3 Å². The molecule has 1 fully saturated rings. The lowest BCUT2D eigenvalue weighted by molar-refractivity contribution is -0.137. The van der Waals surface area contributed by atoms with E-state index in [9.17, 15) is 21.6 Å². The van der Waals surface area contributed by atoms with Crippen molar-refractivity contribution in [1.29, 1.82) is 0 Å². The molecule has 1 aliphatic heterocycles. The molecule has 0 unspecified atom stereocenters. The van der Waals surface area contributed by atoms with Crippen molar-refractivity contribution >= 4 is 20.9 Å². The fourth-order valence-electron chi connectivity index (χ4n) is 4.71. The molecule has 1 aliphatic rings. The molecule has 0 radical (unpaired) electrons. The number of para-hydroxylation sites is 1. The van der Waals surface area contributed by atoms with E-state index in [4.69, 9.17) is 0 Å². The third-order valence-corrected chi connectivity index (χ3v) is 8.41. The Labute approximate surface area is 193 Å². The van der Waals surface area contributed by atoms with Crippen LogP contribution in [0.5, 0.6) is 0 Å². The fraction of sp³-hybridized carbons (Fsp3) is 0.440. The van der Waals surface area contributed by atoms with Crippen LogP contribution in [-0.2, 0) is 22.7 Å². The number of rotatable bonds is 7. The Hall–Kier alpha value is -2.32. The number of halogens is 3. The smallest absolute Gasteiger partial charge is 0.347 e. The van der Waals surface area contributed by atoms with Crippen molar-refractivity contribution in [2.45, 2.75) is 62.6 Å². The molecule has 178 valence electrons. The number of sulfonamides is 1. The molecule has 3 aromatic rings. The predicted octanol–water partition coefficient (Wildman–Crippen LogP) is 6.42. The highest BCUT2D eigenvalue weighted by Crippen LogP contribution is 2.37. The molecule has 0 bridgehead atoms. The first kappa shape index (κ1) is 23.8. The molecule has 2 aromatic carbocycles. The second kappa shape index (κ2) is 9.50. The summed E-state index contributed by atoms with van der Waals surface area (Å²) >= 11 is 0. The van der Waals surface area contributed by atoms with Crippen molar-refractivity contribution in [2.24, 2.45) is 0 Å². The highest BCUT2D eigenvalue weighted by Gasteiger charge is 2.34. The summed E-state index contributed by atoms with van der Waals surface area (Å²) in [6.07, 6.45) is 2.36. The van der Waals surface area contributed by atoms with E-state index in [0.29, 0.717) is 25.9 Å². The van der Waals surface area contributed by atoms with E-state index >= 15 is 0 Å². The third kappa shape index (κ3) is 4.96. The van der Waals surface area contributed by atoms with E-state index < -0.39 is 21.8 Å². The Bertz CT molecular complexity index is 1210. The third-order valence-electron chi connectivity index (χ3n) is 6.51. The van der Waals surface area contributed by atoms with Gasteiger partial charge in [-0.25, -0.2) is 8.42 Å². The van der Waals surface area contributed by atoms with Crippen molar-refractivity contribution in [3.8, 4) is 0 Å². The second-order valence-electron chi connectivity index (χ2n) is 8.71. The van der Waals surface area contributed by atoms with Crippen LogP contribution in [0.1, 0.15) is 56.1 Å². The van der Waals surface area contributed by atoms with Gasteiger partial charge in [-0.2, -0.15) is 17.5 Å². The van der Waals surface area contributed by atoms with Gasteiger partial charge in [-0.1, -0.05) is 44.0 Å². The Morgan fingerprint density at radius 2 is 1.73 bits per heavy atom. The van der Waals surface area contributed by atoms with E-state index in [1.54, 1.807) is 0 Å². The minimum absolute atomic E-state index is 0.218. The van der Waals surface area contributed by atoms with Crippen LogP contribution in [0.2, 0.25) is 0 Å². The zero-order valence-corrected chi connectivity index (χ0v) is 19.5. The van der Waals surface area contributed by atoms with Gasteiger partial charge in [0.1, 0.15) is 0 Å². The van der Waals surface area contributed by atoms with Crippen molar-refractivity contribution in [1.82, 2.24) is 8.87 Å². The van der Waals surface area contributed by atoms with Crippen molar-refractivity contribution in [3.05, 3.63) is 65.9 Å². The molecule has 4 nitrogen and oxygen atoms in total. The monoisotopic (exact) mass is 478 g/mol. The van der Waals surface area contributed by atoms with Gasteiger partial charge in [0.05, 0.1) is 10.5 Å². The molecule has 33 heavy (non-hydrogen) atoms. The molecule has 0 aliphatic carbocycles. The van der Waals surface area contributed by atoms with Gasteiger partial charge in [-0.15, -0.1) is 0 Å². The Morgan fingerprint density at radius 3 is 2.42 bits per heavy atom. The number of alkyl halides is 3. The zero-order chi connectivity index (χ0) is 23.6. The second-order valence-corrected chi connectivity index (χ2v) is 10.6. The highest BCUT2D eigenvalue weighted by molar-refractivity contribution is 7.89. The van der Waals surface area contributed by atoms with Crippen LogP contribution in [0.15, 0.2) is 59.6 Å². The average Bonchev–Trinajstić information content (AvgIpc) is 3.18. The SMILES string of the molecule is CCCCCn1cc(C2CCN(S(=O)(=O)c3cccc(C(F)(F)F)c3)CC2)c2ccccc21. The molecule has 1 aromatic heterocycles. The first-order chi connectivity index (χ1) is 15.7. The number of nitrogens with zero attached hydrogens (tertiary/aromatic N) is 2. The Morgan fingerprint density at radius 1 is 1.00 bits per heavy atom. The molecular formula is C25H29F3N2O2S. The van der Waals surface area contributed by atoms with Gasteiger partial charge in [-0.05, 0) is 55.0 Å². The van der Waals surface area contributed by atoms with Crippen molar-refractivity contribution < 1.29 is 21.6 Å². The predicted molar refractivity (Wildman–Crippen MR) is 124 cm³/mol. The van der Waals surface area contributed by atoms with Gasteiger partial charge in [0.15, 0.2) is 0 Å². The lowest BCUT2D eigenvalue weighted by Gasteiger charge is -2.31. The van der Waals surface area contributed by atoms with Gasteiger partial charge in [0.2, 0.25) is 10.0 Å². The first-order valence-corrected chi connectivity index (χ1v) is 12.9. The lowest BCUT2D eigenvalue weighted by atomic mass is 9.90. The summed E-state index contributed by atoms with van der Waals surface area (Å²) in [6, 6.07) is 12.3. The number of benzene rings is 2. The molecule has 0 saturated carbocycles. The van der Waals surface area contributed by atoms with Gasteiger partial charge in [0.25, 0.3) is 0 Å². The number of aryl methyl sites for hydroxylation is 1. The molecular weight excluding hydrogens is 449 g/mol. The number of aromatic nitrogens is 1. The number of hydrogen-bond acceptors (Lipinski definition) is 2. The summed E-state index contributed by atoms with van der Waals surface area (Å²) < 4.78 is 68.8. The van der Waals surface area contributed by atoms with E-state index in [1.807, 2.05) is 12.1 Å². The largest absolute Gasteiger partial charge is 0.416 e. The molecule has 0 amide bonds. The molecule has 4 rings (SSSR count). The van der Waals surface area contributed by atoms with E-state index in [-0.39, 0.29) is 10.8 Å². The Balaban J connectivity index is 1.52. The first-order valence-electron chi connectivity index (χ1n) is 11.5. The number of piperidine rings is 1. The van der Waals surface area contributed by atoms with Crippen molar-refractivity contribution in [2.75, 3.05) is 13.1 Å². The standard InChI is InChI=1S/C25H29F3N2O2S/c1-2-3-6-14-29-18-23(22-10-4-5-11-24(22)29)19-12-15-30(16-13-19)33(31,32)21-9-7-8-20(17-21)25(26,27)28/h4-5,7-11,17-19H,2-3,6,12-16H2,1H3. The normalized spacial score (nSPS) is 16.5. The van der Waals surface area contributed by atoms with Crippen LogP contribution in [0.25, 0.3) is 10.9 Å². The minimum atomic E-state index is -4.58. The summed E-state index contributed by atoms with van der Waals surface area (Å²) in [6.45, 7) is 3.72. The van der Waals surface area contributed by atoms with Gasteiger partial charge in [-0.3, -0.25) is 0 Å².